The summed E-state index contributed by atoms with van der Waals surface area (Å²) in [5.74, 6) is -2.48. The summed E-state index contributed by atoms with van der Waals surface area (Å²) in [6.45, 7) is 8.03. The fourth-order valence-corrected chi connectivity index (χ4v) is 5.68. The van der Waals surface area contributed by atoms with Crippen molar-refractivity contribution in [2.24, 2.45) is 5.41 Å². The second kappa shape index (κ2) is 6.54. The molecule has 32 heavy (non-hydrogen) atoms. The number of para-hydroxylation sites is 1. The first-order chi connectivity index (χ1) is 15.2. The molecule has 0 aliphatic carbocycles. The van der Waals surface area contributed by atoms with Crippen molar-refractivity contribution < 1.29 is 19.5 Å². The van der Waals surface area contributed by atoms with Crippen molar-refractivity contribution in [3.63, 3.8) is 0 Å². The molecule has 5 rings (SSSR count). The van der Waals surface area contributed by atoms with Gasteiger partial charge in [-0.1, -0.05) is 38.1 Å². The second-order valence-corrected chi connectivity index (χ2v) is 8.88. The van der Waals surface area contributed by atoms with Crippen LogP contribution in [0, 0.1) is 5.41 Å². The summed E-state index contributed by atoms with van der Waals surface area (Å²) < 4.78 is 0. The van der Waals surface area contributed by atoms with Gasteiger partial charge in [0, 0.05) is 0 Å². The summed E-state index contributed by atoms with van der Waals surface area (Å²) in [4.78, 5) is 41.1. The fourth-order valence-electron chi connectivity index (χ4n) is 5.68. The molecule has 2 aromatic rings. The Kier molecular flexibility index (Phi) is 4.18. The molecule has 2 unspecified atom stereocenters. The second-order valence-electron chi connectivity index (χ2n) is 8.88. The van der Waals surface area contributed by atoms with Gasteiger partial charge in [-0.25, -0.2) is 10.0 Å². The fraction of sp³-hybridized carbons (Fsp3) is 0.348. The summed E-state index contributed by atoms with van der Waals surface area (Å²) in [6, 6.07) is 7.60. The summed E-state index contributed by atoms with van der Waals surface area (Å²) in [7, 11) is 1.50. The molecule has 2 fully saturated rings. The van der Waals surface area contributed by atoms with Crippen LogP contribution in [0.3, 0.4) is 0 Å². The van der Waals surface area contributed by atoms with E-state index in [0.717, 1.165) is 5.56 Å². The van der Waals surface area contributed by atoms with Gasteiger partial charge < -0.3 is 15.4 Å². The molecule has 4 heterocycles. The number of rotatable bonds is 4. The first kappa shape index (κ1) is 20.5. The molecule has 2 saturated heterocycles. The molecule has 3 atom stereocenters. The Hall–Kier alpha value is -3.43. The van der Waals surface area contributed by atoms with Crippen molar-refractivity contribution >= 4 is 23.6 Å². The third-order valence-corrected chi connectivity index (χ3v) is 7.17. The normalized spacial score (nSPS) is 30.2. The number of aromatic amines is 1. The van der Waals surface area contributed by atoms with Crippen molar-refractivity contribution in [1.82, 2.24) is 20.2 Å². The van der Waals surface area contributed by atoms with Crippen LogP contribution < -0.4 is 10.4 Å². The average molecular weight is 435 g/mol. The number of anilines is 1. The van der Waals surface area contributed by atoms with Crippen molar-refractivity contribution in [1.29, 1.82) is 0 Å². The minimum absolute atomic E-state index is 0.0792. The molecule has 1 spiro atoms. The number of hydrogen-bond donors (Lipinski definition) is 3. The highest BCUT2D eigenvalue weighted by Gasteiger charge is 2.78. The maximum absolute atomic E-state index is 13.5. The van der Waals surface area contributed by atoms with Crippen LogP contribution in [-0.2, 0) is 19.8 Å². The number of carbonyl (C=O) groups excluding carboxylic acids is 2. The number of aromatic nitrogens is 2. The Bertz CT molecular complexity index is 1160. The van der Waals surface area contributed by atoms with E-state index in [2.05, 4.69) is 21.9 Å². The van der Waals surface area contributed by atoms with Gasteiger partial charge in [0.25, 0.3) is 11.8 Å². The first-order valence-electron chi connectivity index (χ1n) is 10.4. The predicted molar refractivity (Wildman–Crippen MR) is 116 cm³/mol. The van der Waals surface area contributed by atoms with E-state index in [1.807, 2.05) is 38.1 Å². The Labute approximate surface area is 185 Å². The number of H-pyrrole nitrogens is 1. The summed E-state index contributed by atoms with van der Waals surface area (Å²) >= 11 is 0. The quantitative estimate of drug-likeness (QED) is 0.498. The highest BCUT2D eigenvalue weighted by molar-refractivity contribution is 6.07. The van der Waals surface area contributed by atoms with Gasteiger partial charge in [-0.3, -0.25) is 19.3 Å². The minimum Gasteiger partial charge on any atom is -0.383 e. The minimum atomic E-state index is -1.44. The lowest BCUT2D eigenvalue weighted by Crippen LogP contribution is -2.79. The van der Waals surface area contributed by atoms with Crippen molar-refractivity contribution in [3.8, 4) is 0 Å². The summed E-state index contributed by atoms with van der Waals surface area (Å²) in [5, 5.41) is 15.7. The SMILES string of the molecule is C=CC(C)(C)[C@]12CC(O)C(=O)N3/C(=C/c4cnc[nH]4)C(=O)NC31N(OC)c1ccccc12. The van der Waals surface area contributed by atoms with E-state index >= 15 is 0 Å². The molecule has 2 amide bonds. The number of amides is 2. The number of aliphatic hydroxyl groups excluding tert-OH is 1. The molecule has 0 saturated carbocycles. The molecule has 0 bridgehead atoms. The van der Waals surface area contributed by atoms with Crippen LogP contribution in [0.25, 0.3) is 6.08 Å². The average Bonchev–Trinajstić information content (AvgIpc) is 3.44. The van der Waals surface area contributed by atoms with Crippen LogP contribution >= 0.6 is 0 Å². The summed E-state index contributed by atoms with van der Waals surface area (Å²) in [6.07, 6.45) is 5.14. The van der Waals surface area contributed by atoms with Crippen LogP contribution in [0.1, 0.15) is 31.5 Å². The number of allylic oxidation sites excluding steroid dienone is 1. The van der Waals surface area contributed by atoms with Gasteiger partial charge in [0.15, 0.2) is 0 Å². The smallest absolute Gasteiger partial charge is 0.271 e. The van der Waals surface area contributed by atoms with E-state index in [9.17, 15) is 14.7 Å². The number of aliphatic hydroxyl groups is 1. The van der Waals surface area contributed by atoms with E-state index in [-0.39, 0.29) is 12.1 Å². The third kappa shape index (κ3) is 2.17. The standard InChI is InChI=1S/C23H25N5O4/c1-5-21(2,3)22-11-18(29)20(31)27-17(10-14-12-24-13-25-14)19(30)26-23(22,27)28(32-4)16-9-7-6-8-15(16)22/h5-10,12-13,18,29H,1,11H2,2-4H3,(H,24,25)(H,26,30)/b17-10+/t18?,22-,23?/m1/s1. The zero-order valence-electron chi connectivity index (χ0n) is 18.1. The van der Waals surface area contributed by atoms with Gasteiger partial charge in [0.05, 0.1) is 36.4 Å². The first-order valence-corrected chi connectivity index (χ1v) is 10.4. The number of hydroxylamine groups is 1. The van der Waals surface area contributed by atoms with Crippen molar-refractivity contribution in [2.75, 3.05) is 12.2 Å². The van der Waals surface area contributed by atoms with Crippen LogP contribution in [-0.4, -0.2) is 50.8 Å². The van der Waals surface area contributed by atoms with Crippen molar-refractivity contribution in [3.05, 3.63) is 66.4 Å². The molecule has 3 aliphatic heterocycles. The molecule has 3 aliphatic rings. The van der Waals surface area contributed by atoms with Crippen LogP contribution in [0.2, 0.25) is 0 Å². The molecule has 1 aromatic carbocycles. The topological polar surface area (TPSA) is 111 Å². The Morgan fingerprint density at radius 2 is 2.09 bits per heavy atom. The Morgan fingerprint density at radius 1 is 1.34 bits per heavy atom. The van der Waals surface area contributed by atoms with Crippen LogP contribution in [0.15, 0.2) is 55.1 Å². The number of fused-ring (bicyclic) bond motifs is 2. The van der Waals surface area contributed by atoms with E-state index in [1.54, 1.807) is 23.4 Å². The van der Waals surface area contributed by atoms with Crippen molar-refractivity contribution in [2.45, 2.75) is 37.6 Å². The zero-order chi connectivity index (χ0) is 22.9. The Morgan fingerprint density at radius 3 is 2.75 bits per heavy atom. The maximum atomic E-state index is 13.5. The van der Waals surface area contributed by atoms with Crippen LogP contribution in [0.5, 0.6) is 0 Å². The lowest BCUT2D eigenvalue weighted by molar-refractivity contribution is -0.170. The number of nitrogens with zero attached hydrogens (tertiary/aromatic N) is 3. The molecular formula is C23H25N5O4. The molecule has 0 radical (unpaired) electrons. The van der Waals surface area contributed by atoms with Gasteiger partial charge in [0.1, 0.15) is 11.8 Å². The van der Waals surface area contributed by atoms with Gasteiger partial charge in [0.2, 0.25) is 5.79 Å². The predicted octanol–water partition coefficient (Wildman–Crippen LogP) is 1.66. The van der Waals surface area contributed by atoms with Gasteiger partial charge >= 0.3 is 0 Å². The highest BCUT2D eigenvalue weighted by Crippen LogP contribution is 2.66. The third-order valence-electron chi connectivity index (χ3n) is 7.17. The Balaban J connectivity index is 1.88. The molecule has 9 heteroatoms. The zero-order valence-corrected chi connectivity index (χ0v) is 18.1. The lowest BCUT2D eigenvalue weighted by Gasteiger charge is -2.59. The number of imidazole rings is 1. The van der Waals surface area contributed by atoms with Gasteiger partial charge in [-0.15, -0.1) is 6.58 Å². The number of nitrogens with one attached hydrogen (secondary N) is 2. The molecule has 3 N–H and O–H groups in total. The van der Waals surface area contributed by atoms with Crippen LogP contribution in [0.4, 0.5) is 5.69 Å². The number of piperidine rings is 1. The number of benzene rings is 1. The molecular weight excluding hydrogens is 410 g/mol. The van der Waals surface area contributed by atoms with E-state index in [4.69, 9.17) is 4.84 Å². The number of carbonyl (C=O) groups is 2. The maximum Gasteiger partial charge on any atom is 0.271 e. The van der Waals surface area contributed by atoms with Gasteiger partial charge in [-0.2, -0.15) is 0 Å². The monoisotopic (exact) mass is 435 g/mol. The van der Waals surface area contributed by atoms with Gasteiger partial charge in [-0.05, 0) is 29.5 Å². The molecule has 1 aromatic heterocycles. The van der Waals surface area contributed by atoms with E-state index in [1.165, 1.54) is 18.3 Å². The highest BCUT2D eigenvalue weighted by atomic mass is 16.7. The van der Waals surface area contributed by atoms with E-state index in [0.29, 0.717) is 11.4 Å². The summed E-state index contributed by atoms with van der Waals surface area (Å²) in [5.41, 5.74) is 0.560. The lowest BCUT2D eigenvalue weighted by atomic mass is 9.55. The molecule has 9 nitrogen and oxygen atoms in total. The van der Waals surface area contributed by atoms with E-state index < -0.39 is 34.5 Å². The molecule has 166 valence electrons. The number of hydrogen-bond acceptors (Lipinski definition) is 6. The largest absolute Gasteiger partial charge is 0.383 e.